The molecular weight excluding hydrogens is 304 g/mol. The van der Waals surface area contributed by atoms with Crippen LogP contribution in [0, 0.1) is 5.92 Å². The van der Waals surface area contributed by atoms with Gasteiger partial charge in [-0.25, -0.2) is 4.79 Å². The summed E-state index contributed by atoms with van der Waals surface area (Å²) in [5.74, 6) is -2.64. The summed E-state index contributed by atoms with van der Waals surface area (Å²) in [5.41, 5.74) is -1.82. The van der Waals surface area contributed by atoms with Crippen molar-refractivity contribution in [1.29, 1.82) is 0 Å². The SMILES string of the molecule is CC(CO)[C@@H]1CC[C@](CC(=O)c2cc(O)ccc2O)(C(=O)O)O1. The van der Waals surface area contributed by atoms with E-state index in [1.165, 1.54) is 12.1 Å². The molecule has 1 aromatic rings. The Balaban J connectivity index is 2.22. The minimum absolute atomic E-state index is 0.137. The van der Waals surface area contributed by atoms with Crippen molar-refractivity contribution in [3.8, 4) is 11.5 Å². The lowest BCUT2D eigenvalue weighted by atomic mass is 9.90. The van der Waals surface area contributed by atoms with Gasteiger partial charge >= 0.3 is 5.97 Å². The Hall–Kier alpha value is -2.12. The number of hydrogen-bond acceptors (Lipinski definition) is 6. The van der Waals surface area contributed by atoms with Crippen molar-refractivity contribution in [2.75, 3.05) is 6.61 Å². The molecule has 1 aliphatic heterocycles. The van der Waals surface area contributed by atoms with Crippen molar-refractivity contribution < 1.29 is 34.8 Å². The summed E-state index contributed by atoms with van der Waals surface area (Å²) in [7, 11) is 0. The number of ether oxygens (including phenoxy) is 1. The third kappa shape index (κ3) is 3.46. The van der Waals surface area contributed by atoms with Crippen LogP contribution in [0.5, 0.6) is 11.5 Å². The van der Waals surface area contributed by atoms with Gasteiger partial charge in [0.2, 0.25) is 0 Å². The number of aliphatic hydroxyl groups excluding tert-OH is 1. The average Bonchev–Trinajstić information content (AvgIpc) is 2.94. The molecule has 4 N–H and O–H groups in total. The number of ketones is 1. The second-order valence-corrected chi connectivity index (χ2v) is 5.96. The molecule has 0 radical (unpaired) electrons. The van der Waals surface area contributed by atoms with E-state index in [0.717, 1.165) is 6.07 Å². The van der Waals surface area contributed by atoms with E-state index in [2.05, 4.69) is 0 Å². The van der Waals surface area contributed by atoms with E-state index in [1.54, 1.807) is 6.92 Å². The number of carboxylic acid groups (broad SMARTS) is 1. The number of hydrogen-bond donors (Lipinski definition) is 4. The van der Waals surface area contributed by atoms with Gasteiger partial charge in [-0.05, 0) is 31.0 Å². The molecule has 1 fully saturated rings. The van der Waals surface area contributed by atoms with Gasteiger partial charge in [-0.15, -0.1) is 0 Å². The van der Waals surface area contributed by atoms with Crippen molar-refractivity contribution >= 4 is 11.8 Å². The van der Waals surface area contributed by atoms with E-state index in [4.69, 9.17) is 4.74 Å². The Kier molecular flexibility index (Phi) is 4.91. The first-order valence-corrected chi connectivity index (χ1v) is 7.36. The molecule has 3 atom stereocenters. The summed E-state index contributed by atoms with van der Waals surface area (Å²) in [5, 5.41) is 37.8. The van der Waals surface area contributed by atoms with Crippen molar-refractivity contribution in [3.63, 3.8) is 0 Å². The van der Waals surface area contributed by atoms with Gasteiger partial charge in [0.15, 0.2) is 11.4 Å². The molecule has 1 unspecified atom stereocenters. The zero-order chi connectivity index (χ0) is 17.2. The molecule has 0 saturated carbocycles. The van der Waals surface area contributed by atoms with Gasteiger partial charge in [-0.1, -0.05) is 6.92 Å². The number of carbonyl (C=O) groups excluding carboxylic acids is 1. The third-order valence-corrected chi connectivity index (χ3v) is 4.25. The molecule has 7 heteroatoms. The molecule has 1 aromatic carbocycles. The van der Waals surface area contributed by atoms with Crippen LogP contribution in [0.4, 0.5) is 0 Å². The third-order valence-electron chi connectivity index (χ3n) is 4.25. The molecule has 0 aromatic heterocycles. The number of Topliss-reactive ketones (excluding diaryl/α,β-unsaturated/α-hetero) is 1. The summed E-state index contributed by atoms with van der Waals surface area (Å²) in [6.07, 6.45) is -0.328. The normalized spacial score (nSPS) is 25.2. The molecule has 0 spiro atoms. The van der Waals surface area contributed by atoms with Crippen LogP contribution in [0.2, 0.25) is 0 Å². The first-order valence-electron chi connectivity index (χ1n) is 7.36. The molecule has 7 nitrogen and oxygen atoms in total. The Bertz CT molecular complexity index is 612. The Labute approximate surface area is 133 Å². The molecule has 1 aliphatic rings. The minimum Gasteiger partial charge on any atom is -0.508 e. The van der Waals surface area contributed by atoms with E-state index in [0.29, 0.717) is 6.42 Å². The Morgan fingerprint density at radius 1 is 1.39 bits per heavy atom. The topological polar surface area (TPSA) is 124 Å². The fraction of sp³-hybridized carbons (Fsp3) is 0.500. The van der Waals surface area contributed by atoms with Crippen LogP contribution >= 0.6 is 0 Å². The zero-order valence-corrected chi connectivity index (χ0v) is 12.7. The van der Waals surface area contributed by atoms with Gasteiger partial charge in [-0.2, -0.15) is 0 Å². The number of phenols is 2. The van der Waals surface area contributed by atoms with E-state index < -0.39 is 29.9 Å². The lowest BCUT2D eigenvalue weighted by Gasteiger charge is -2.26. The van der Waals surface area contributed by atoms with Crippen LogP contribution in [0.3, 0.4) is 0 Å². The van der Waals surface area contributed by atoms with E-state index >= 15 is 0 Å². The standard InChI is InChI=1S/C16H20O7/c1-9(8-17)14-4-5-16(23-14,15(21)22)7-13(20)11-6-10(18)2-3-12(11)19/h2-3,6,9,14,17-19H,4-5,7-8H2,1H3,(H,21,22)/t9?,14-,16-/m0/s1. The summed E-state index contributed by atoms with van der Waals surface area (Å²) in [6.45, 7) is 1.60. The number of aliphatic hydroxyl groups is 1. The maximum Gasteiger partial charge on any atom is 0.336 e. The zero-order valence-electron chi connectivity index (χ0n) is 12.7. The molecule has 23 heavy (non-hydrogen) atoms. The van der Waals surface area contributed by atoms with Crippen molar-refractivity contribution in [1.82, 2.24) is 0 Å². The van der Waals surface area contributed by atoms with Gasteiger partial charge in [0.25, 0.3) is 0 Å². The van der Waals surface area contributed by atoms with Crippen molar-refractivity contribution in [3.05, 3.63) is 23.8 Å². The molecule has 0 bridgehead atoms. The Morgan fingerprint density at radius 2 is 2.09 bits per heavy atom. The summed E-state index contributed by atoms with van der Waals surface area (Å²) in [6, 6.07) is 3.49. The van der Waals surface area contributed by atoms with Crippen LogP contribution < -0.4 is 0 Å². The lowest BCUT2D eigenvalue weighted by molar-refractivity contribution is -0.166. The van der Waals surface area contributed by atoms with Crippen LogP contribution in [-0.4, -0.2) is 50.5 Å². The largest absolute Gasteiger partial charge is 0.508 e. The fourth-order valence-corrected chi connectivity index (χ4v) is 2.77. The molecule has 0 aliphatic carbocycles. The summed E-state index contributed by atoms with van der Waals surface area (Å²) >= 11 is 0. The molecule has 0 amide bonds. The van der Waals surface area contributed by atoms with E-state index in [-0.39, 0.29) is 36.0 Å². The maximum absolute atomic E-state index is 12.4. The van der Waals surface area contributed by atoms with E-state index in [9.17, 15) is 30.0 Å². The number of benzene rings is 1. The van der Waals surface area contributed by atoms with Crippen LogP contribution in [-0.2, 0) is 9.53 Å². The van der Waals surface area contributed by atoms with Gasteiger partial charge < -0.3 is 25.2 Å². The predicted octanol–water partition coefficient (Wildman–Crippen LogP) is 1.30. The highest BCUT2D eigenvalue weighted by Gasteiger charge is 2.49. The fourth-order valence-electron chi connectivity index (χ4n) is 2.77. The van der Waals surface area contributed by atoms with Gasteiger partial charge in [0, 0.05) is 12.5 Å². The van der Waals surface area contributed by atoms with E-state index in [1.807, 2.05) is 0 Å². The number of aliphatic carboxylic acids is 1. The number of phenolic OH excluding ortho intramolecular Hbond substituents is 2. The van der Waals surface area contributed by atoms with Crippen LogP contribution in [0.25, 0.3) is 0 Å². The highest BCUT2D eigenvalue weighted by Crippen LogP contribution is 2.38. The highest BCUT2D eigenvalue weighted by molar-refractivity contribution is 6.02. The molecule has 2 rings (SSSR count). The molecule has 126 valence electrons. The van der Waals surface area contributed by atoms with Gasteiger partial charge in [0.1, 0.15) is 11.5 Å². The monoisotopic (exact) mass is 324 g/mol. The second-order valence-electron chi connectivity index (χ2n) is 5.96. The van der Waals surface area contributed by atoms with Crippen LogP contribution in [0.15, 0.2) is 18.2 Å². The molecule has 1 heterocycles. The number of rotatable bonds is 6. The van der Waals surface area contributed by atoms with Gasteiger partial charge in [0.05, 0.1) is 18.1 Å². The second kappa shape index (κ2) is 6.55. The van der Waals surface area contributed by atoms with Crippen molar-refractivity contribution in [2.24, 2.45) is 5.92 Å². The predicted molar refractivity (Wildman–Crippen MR) is 79.4 cm³/mol. The Morgan fingerprint density at radius 3 is 2.70 bits per heavy atom. The minimum atomic E-state index is -1.68. The molecule has 1 saturated heterocycles. The number of carbonyl (C=O) groups is 2. The quantitative estimate of drug-likeness (QED) is 0.459. The first kappa shape index (κ1) is 17.2. The highest BCUT2D eigenvalue weighted by atomic mass is 16.5. The molecular formula is C16H20O7. The summed E-state index contributed by atoms with van der Waals surface area (Å²) in [4.78, 5) is 24.0. The van der Waals surface area contributed by atoms with Crippen molar-refractivity contribution in [2.45, 2.75) is 37.9 Å². The smallest absolute Gasteiger partial charge is 0.336 e. The summed E-state index contributed by atoms with van der Waals surface area (Å²) < 4.78 is 5.60. The van der Waals surface area contributed by atoms with Crippen LogP contribution in [0.1, 0.15) is 36.5 Å². The maximum atomic E-state index is 12.4. The number of aromatic hydroxyl groups is 2. The number of carboxylic acids is 1. The average molecular weight is 324 g/mol. The lowest BCUT2D eigenvalue weighted by Crippen LogP contribution is -2.41. The first-order chi connectivity index (χ1) is 10.8. The van der Waals surface area contributed by atoms with Gasteiger partial charge in [-0.3, -0.25) is 4.79 Å².